The predicted octanol–water partition coefficient (Wildman–Crippen LogP) is 5.05. The summed E-state index contributed by atoms with van der Waals surface area (Å²) in [5.74, 6) is 2.54. The van der Waals surface area contributed by atoms with Crippen molar-refractivity contribution in [3.05, 3.63) is 49.3 Å². The maximum atomic E-state index is 5.92. The molecule has 0 spiro atoms. The Labute approximate surface area is 147 Å². The van der Waals surface area contributed by atoms with Crippen molar-refractivity contribution in [2.45, 2.75) is 59.4 Å². The summed E-state index contributed by atoms with van der Waals surface area (Å²) in [5.41, 5.74) is 4.11. The summed E-state index contributed by atoms with van der Waals surface area (Å²) >= 11 is 0. The third-order valence-electron chi connectivity index (χ3n) is 4.88. The van der Waals surface area contributed by atoms with Crippen LogP contribution in [-0.2, 0) is 0 Å². The van der Waals surface area contributed by atoms with E-state index in [1.807, 2.05) is 0 Å². The first-order valence-corrected chi connectivity index (χ1v) is 8.79. The Morgan fingerprint density at radius 2 is 1.62 bits per heavy atom. The summed E-state index contributed by atoms with van der Waals surface area (Å²) in [6, 6.07) is 7.12. The predicted molar refractivity (Wildman–Crippen MR) is 99.9 cm³/mol. The first-order valence-electron chi connectivity index (χ1n) is 8.79. The number of nitrogens with zero attached hydrogens (tertiary/aromatic N) is 2. The summed E-state index contributed by atoms with van der Waals surface area (Å²) in [4.78, 5) is 0. The third-order valence-corrected chi connectivity index (χ3v) is 4.88. The molecule has 3 heteroatoms. The summed E-state index contributed by atoms with van der Waals surface area (Å²) in [6.45, 7) is 14.4. The molecular weight excluding hydrogens is 296 g/mol. The smallest absolute Gasteiger partial charge is 0.325 e. The number of hydrogen-bond donors (Lipinski definition) is 0. The number of rotatable bonds is 4. The van der Waals surface area contributed by atoms with Gasteiger partial charge in [-0.2, -0.15) is 9.13 Å². The van der Waals surface area contributed by atoms with Gasteiger partial charge in [-0.05, 0) is 17.8 Å². The molecule has 1 aliphatic heterocycles. The molecule has 132 valence electrons. The Bertz CT molecular complexity index is 672. The molecule has 0 bridgehead atoms. The Morgan fingerprint density at radius 3 is 2.12 bits per heavy atom. The van der Waals surface area contributed by atoms with Gasteiger partial charge in [-0.15, -0.1) is 0 Å². The van der Waals surface area contributed by atoms with Gasteiger partial charge < -0.3 is 12.2 Å². The van der Waals surface area contributed by atoms with E-state index in [9.17, 15) is 0 Å². The van der Waals surface area contributed by atoms with Gasteiger partial charge in [-0.25, -0.2) is 0 Å². The molecule has 0 amide bonds. The Hall–Kier alpha value is -1.77. The molecular formula is C21H32N2O. The van der Waals surface area contributed by atoms with E-state index in [-0.39, 0.29) is 7.43 Å². The normalized spacial score (nSPS) is 16.5. The van der Waals surface area contributed by atoms with Crippen molar-refractivity contribution in [1.29, 1.82) is 0 Å². The van der Waals surface area contributed by atoms with Crippen molar-refractivity contribution in [2.24, 2.45) is 5.92 Å². The number of imidazole rings is 1. The zero-order chi connectivity index (χ0) is 16.7. The molecule has 0 radical (unpaired) electrons. The standard InChI is InChI=1S/C20H29N2O.CH3/c1-13(2)16-8-7-9-17(14(3)4)20(16)21-10-19-22(12-21)18(11-23-19)15(5)6;/h7-10,12-15,18H,11H2,1-6H3;1H3/q+1;-1/t18-;/m1./s1. The molecule has 1 aliphatic rings. The summed E-state index contributed by atoms with van der Waals surface area (Å²) < 4.78 is 10.5. The van der Waals surface area contributed by atoms with Gasteiger partial charge in [0.1, 0.15) is 18.3 Å². The third kappa shape index (κ3) is 3.09. The van der Waals surface area contributed by atoms with Crippen LogP contribution in [0.15, 0.2) is 30.7 Å². The molecule has 0 aliphatic carbocycles. The zero-order valence-electron chi connectivity index (χ0n) is 16.2. The summed E-state index contributed by atoms with van der Waals surface area (Å²) in [5, 5.41) is 0. The van der Waals surface area contributed by atoms with Crippen molar-refractivity contribution in [2.75, 3.05) is 6.61 Å². The van der Waals surface area contributed by atoms with E-state index in [0.29, 0.717) is 23.8 Å². The molecule has 0 unspecified atom stereocenters. The largest absolute Gasteiger partial charge is 0.455 e. The second-order valence-corrected chi connectivity index (χ2v) is 7.61. The van der Waals surface area contributed by atoms with E-state index in [0.717, 1.165) is 12.5 Å². The van der Waals surface area contributed by atoms with E-state index >= 15 is 0 Å². The minimum absolute atomic E-state index is 0. The average Bonchev–Trinajstić information content (AvgIpc) is 3.05. The van der Waals surface area contributed by atoms with Gasteiger partial charge in [0.15, 0.2) is 6.20 Å². The van der Waals surface area contributed by atoms with E-state index in [4.69, 9.17) is 4.74 Å². The second-order valence-electron chi connectivity index (χ2n) is 7.61. The van der Waals surface area contributed by atoms with E-state index < -0.39 is 0 Å². The number of benzene rings is 1. The lowest BCUT2D eigenvalue weighted by Crippen LogP contribution is -2.38. The van der Waals surface area contributed by atoms with Crippen LogP contribution in [0, 0.1) is 13.3 Å². The minimum atomic E-state index is 0. The van der Waals surface area contributed by atoms with Crippen LogP contribution in [0.25, 0.3) is 5.69 Å². The maximum Gasteiger partial charge on any atom is 0.325 e. The molecule has 2 aromatic rings. The quantitative estimate of drug-likeness (QED) is 0.567. The number of hydrogen-bond acceptors (Lipinski definition) is 1. The van der Waals surface area contributed by atoms with Crippen LogP contribution < -0.4 is 9.30 Å². The second kappa shape index (κ2) is 7.00. The fraction of sp³-hybridized carbons (Fsp3) is 0.524. The van der Waals surface area contributed by atoms with E-state index in [2.05, 4.69) is 81.4 Å². The van der Waals surface area contributed by atoms with Crippen LogP contribution in [0.4, 0.5) is 0 Å². The fourth-order valence-electron chi connectivity index (χ4n) is 3.47. The van der Waals surface area contributed by atoms with Gasteiger partial charge in [0.05, 0.1) is 0 Å². The van der Waals surface area contributed by atoms with Gasteiger partial charge >= 0.3 is 5.88 Å². The Kier molecular flexibility index (Phi) is 5.42. The highest BCUT2D eigenvalue weighted by molar-refractivity contribution is 5.51. The monoisotopic (exact) mass is 328 g/mol. The van der Waals surface area contributed by atoms with Gasteiger partial charge in [-0.1, -0.05) is 59.7 Å². The fourth-order valence-corrected chi connectivity index (χ4v) is 3.47. The highest BCUT2D eigenvalue weighted by Crippen LogP contribution is 2.32. The molecule has 0 saturated heterocycles. The molecule has 3 nitrogen and oxygen atoms in total. The van der Waals surface area contributed by atoms with E-state index in [1.165, 1.54) is 16.8 Å². The van der Waals surface area contributed by atoms with Crippen LogP contribution in [-0.4, -0.2) is 11.2 Å². The molecule has 0 saturated carbocycles. The van der Waals surface area contributed by atoms with Crippen LogP contribution >= 0.6 is 0 Å². The number of fused-ring (bicyclic) bond motifs is 1. The Balaban J connectivity index is 0.00000208. The lowest BCUT2D eigenvalue weighted by molar-refractivity contribution is -0.710. The first-order chi connectivity index (χ1) is 10.9. The molecule has 0 N–H and O–H groups in total. The zero-order valence-corrected chi connectivity index (χ0v) is 16.2. The summed E-state index contributed by atoms with van der Waals surface area (Å²) in [7, 11) is 0. The molecule has 2 heterocycles. The van der Waals surface area contributed by atoms with Crippen LogP contribution in [0.5, 0.6) is 5.88 Å². The van der Waals surface area contributed by atoms with Crippen molar-refractivity contribution < 1.29 is 9.30 Å². The van der Waals surface area contributed by atoms with Crippen LogP contribution in [0.1, 0.15) is 70.5 Å². The van der Waals surface area contributed by atoms with Crippen LogP contribution in [0.2, 0.25) is 0 Å². The SMILES string of the molecule is CC(C)c1cccc(C(C)C)c1-n1cc2[n+](c1)[C@@H](C(C)C)CO2.[CH3-]. The van der Waals surface area contributed by atoms with Crippen molar-refractivity contribution >= 4 is 0 Å². The van der Waals surface area contributed by atoms with Gasteiger partial charge in [-0.3, -0.25) is 0 Å². The molecule has 1 atom stereocenters. The molecule has 0 fully saturated rings. The first kappa shape index (κ1) is 18.6. The highest BCUT2D eigenvalue weighted by Gasteiger charge is 2.34. The maximum absolute atomic E-state index is 5.92. The van der Waals surface area contributed by atoms with Crippen molar-refractivity contribution in [3.8, 4) is 11.6 Å². The number of ether oxygens (including phenoxy) is 1. The average molecular weight is 329 g/mol. The van der Waals surface area contributed by atoms with Crippen LogP contribution in [0.3, 0.4) is 0 Å². The van der Waals surface area contributed by atoms with Gasteiger partial charge in [0.2, 0.25) is 0 Å². The topological polar surface area (TPSA) is 18.0 Å². The number of aromatic nitrogens is 2. The molecule has 1 aromatic carbocycles. The Morgan fingerprint density at radius 1 is 1.04 bits per heavy atom. The molecule has 1 aromatic heterocycles. The van der Waals surface area contributed by atoms with Gasteiger partial charge in [0, 0.05) is 11.1 Å². The minimum Gasteiger partial charge on any atom is -0.455 e. The van der Waals surface area contributed by atoms with Gasteiger partial charge in [0.25, 0.3) is 6.33 Å². The lowest BCUT2D eigenvalue weighted by Gasteiger charge is -2.16. The van der Waals surface area contributed by atoms with Crippen molar-refractivity contribution in [3.63, 3.8) is 0 Å². The number of para-hydroxylation sites is 1. The molecule has 24 heavy (non-hydrogen) atoms. The lowest BCUT2D eigenvalue weighted by atomic mass is 9.92. The highest BCUT2D eigenvalue weighted by atomic mass is 16.5. The molecule has 3 rings (SSSR count). The summed E-state index contributed by atoms with van der Waals surface area (Å²) in [6.07, 6.45) is 4.37. The van der Waals surface area contributed by atoms with Crippen molar-refractivity contribution in [1.82, 2.24) is 4.57 Å². The van der Waals surface area contributed by atoms with E-state index in [1.54, 1.807) is 0 Å².